The average Bonchev–Trinajstić information content (AvgIpc) is 2.15. The van der Waals surface area contributed by atoms with Gasteiger partial charge in [0.25, 0.3) is 0 Å². The highest BCUT2D eigenvalue weighted by Gasteiger charge is 2.22. The van der Waals surface area contributed by atoms with E-state index in [0.717, 1.165) is 0 Å². The minimum Gasteiger partial charge on any atom is -0.325 e. The zero-order valence-corrected chi connectivity index (χ0v) is 8.07. The van der Waals surface area contributed by atoms with Crippen molar-refractivity contribution in [1.82, 2.24) is 0 Å². The monoisotopic (exact) mass is 203 g/mol. The van der Waals surface area contributed by atoms with Gasteiger partial charge in [0.2, 0.25) is 0 Å². The van der Waals surface area contributed by atoms with Crippen LogP contribution in [0.1, 0.15) is 6.92 Å². The van der Waals surface area contributed by atoms with Gasteiger partial charge in [-0.1, -0.05) is 31.2 Å². The third kappa shape index (κ3) is 3.20. The summed E-state index contributed by atoms with van der Waals surface area (Å²) in [5, 5.41) is 0. The second-order valence-corrected chi connectivity index (χ2v) is 3.46. The van der Waals surface area contributed by atoms with Gasteiger partial charge in [-0.3, -0.25) is 0 Å². The Balaban J connectivity index is 2.40. The number of allylic oxidation sites excluding steroid dienone is 3. The summed E-state index contributed by atoms with van der Waals surface area (Å²) in [6.07, 6.45) is 7.76. The van der Waals surface area contributed by atoms with E-state index in [2.05, 4.69) is 4.74 Å². The zero-order valence-electron chi connectivity index (χ0n) is 8.07. The maximum Gasteiger partial charge on any atom is 0.345 e. The Morgan fingerprint density at radius 3 is 2.57 bits per heavy atom. The van der Waals surface area contributed by atoms with Crippen LogP contribution in [0.25, 0.3) is 0 Å². The summed E-state index contributed by atoms with van der Waals surface area (Å²) in [5.74, 6) is 0.357. The van der Waals surface area contributed by atoms with Gasteiger partial charge in [-0.15, -0.1) is 0 Å². The van der Waals surface area contributed by atoms with E-state index in [1.807, 2.05) is 31.2 Å². The molecule has 0 aromatic heterocycles. The Kier molecular flexibility index (Phi) is 4.22. The van der Waals surface area contributed by atoms with Crippen LogP contribution in [0, 0.1) is 11.8 Å². The summed E-state index contributed by atoms with van der Waals surface area (Å²) in [6, 6.07) is -0.375. The molecule has 1 aliphatic rings. The fourth-order valence-corrected chi connectivity index (χ4v) is 1.56. The molecule has 0 aromatic rings. The van der Waals surface area contributed by atoms with Gasteiger partial charge in [0, 0.05) is 12.0 Å². The first-order valence-corrected chi connectivity index (χ1v) is 4.61. The zero-order chi connectivity index (χ0) is 10.6. The topological polar surface area (TPSA) is 35.2 Å². The lowest BCUT2D eigenvalue weighted by atomic mass is 9.85. The van der Waals surface area contributed by atoms with E-state index >= 15 is 0 Å². The second-order valence-electron chi connectivity index (χ2n) is 3.46. The first-order valence-electron chi connectivity index (χ1n) is 4.61. The molecule has 0 saturated heterocycles. The molecule has 0 saturated carbocycles. The van der Waals surface area contributed by atoms with Crippen molar-refractivity contribution in [3.63, 3.8) is 0 Å². The summed E-state index contributed by atoms with van der Waals surface area (Å²) in [5.41, 5.74) is 5.74. The molecule has 0 fully saturated rings. The quantitative estimate of drug-likeness (QED) is 0.757. The molecular weight excluding hydrogens is 188 g/mol. The van der Waals surface area contributed by atoms with E-state index in [4.69, 9.17) is 5.73 Å². The van der Waals surface area contributed by atoms with Crippen LogP contribution in [-0.4, -0.2) is 19.3 Å². The maximum atomic E-state index is 11.7. The Hall–Kier alpha value is -0.740. The van der Waals surface area contributed by atoms with Crippen molar-refractivity contribution >= 4 is 0 Å². The van der Waals surface area contributed by atoms with E-state index in [1.165, 1.54) is 0 Å². The molecule has 0 heterocycles. The second kappa shape index (κ2) is 5.22. The molecular formula is C10H15F2NO. The normalized spacial score (nSPS) is 28.4. The van der Waals surface area contributed by atoms with E-state index in [1.54, 1.807) is 0 Å². The Morgan fingerprint density at radius 2 is 2.00 bits per heavy atom. The van der Waals surface area contributed by atoms with Crippen LogP contribution >= 0.6 is 0 Å². The van der Waals surface area contributed by atoms with Crippen LogP contribution in [-0.2, 0) is 4.74 Å². The van der Waals surface area contributed by atoms with Crippen LogP contribution in [0.2, 0.25) is 0 Å². The summed E-state index contributed by atoms with van der Waals surface area (Å²) < 4.78 is 27.7. The summed E-state index contributed by atoms with van der Waals surface area (Å²) in [4.78, 5) is 0. The smallest absolute Gasteiger partial charge is 0.325 e. The average molecular weight is 203 g/mol. The molecule has 0 radical (unpaired) electrons. The maximum absolute atomic E-state index is 11.7. The first kappa shape index (κ1) is 11.3. The Labute approximate surface area is 82.4 Å². The number of halogens is 2. The highest BCUT2D eigenvalue weighted by Crippen LogP contribution is 2.21. The van der Waals surface area contributed by atoms with Crippen LogP contribution in [0.5, 0.6) is 0 Å². The molecule has 14 heavy (non-hydrogen) atoms. The molecule has 1 rings (SSSR count). The third-order valence-electron chi connectivity index (χ3n) is 2.38. The summed E-state index contributed by atoms with van der Waals surface area (Å²) in [7, 11) is 0. The van der Waals surface area contributed by atoms with Crippen LogP contribution < -0.4 is 5.73 Å². The summed E-state index contributed by atoms with van der Waals surface area (Å²) in [6.45, 7) is -0.836. The van der Waals surface area contributed by atoms with Crippen molar-refractivity contribution in [2.24, 2.45) is 17.6 Å². The van der Waals surface area contributed by atoms with Gasteiger partial charge in [0.05, 0.1) is 6.61 Å². The predicted molar refractivity (Wildman–Crippen MR) is 50.9 cm³/mol. The van der Waals surface area contributed by atoms with Gasteiger partial charge in [-0.25, -0.2) is 0 Å². The number of alkyl halides is 2. The van der Waals surface area contributed by atoms with Gasteiger partial charge in [0.15, 0.2) is 0 Å². The fourth-order valence-electron chi connectivity index (χ4n) is 1.56. The lowest BCUT2D eigenvalue weighted by Crippen LogP contribution is -2.37. The van der Waals surface area contributed by atoms with E-state index < -0.39 is 6.61 Å². The van der Waals surface area contributed by atoms with Gasteiger partial charge >= 0.3 is 6.61 Å². The Morgan fingerprint density at radius 1 is 1.36 bits per heavy atom. The molecule has 1 aliphatic carbocycles. The summed E-state index contributed by atoms with van der Waals surface area (Å²) >= 11 is 0. The lowest BCUT2D eigenvalue weighted by Gasteiger charge is -2.26. The number of nitrogens with two attached hydrogens (primary N) is 1. The third-order valence-corrected chi connectivity index (χ3v) is 2.38. The Bertz CT molecular complexity index is 228. The van der Waals surface area contributed by atoms with E-state index in [0.29, 0.717) is 0 Å². The molecule has 2 N–H and O–H groups in total. The molecule has 2 unspecified atom stereocenters. The van der Waals surface area contributed by atoms with Crippen molar-refractivity contribution in [2.75, 3.05) is 6.61 Å². The van der Waals surface area contributed by atoms with Crippen molar-refractivity contribution in [3.05, 3.63) is 24.3 Å². The van der Waals surface area contributed by atoms with Crippen molar-refractivity contribution in [3.8, 4) is 0 Å². The highest BCUT2D eigenvalue weighted by atomic mass is 19.3. The molecule has 0 amide bonds. The van der Waals surface area contributed by atoms with Gasteiger partial charge < -0.3 is 10.5 Å². The van der Waals surface area contributed by atoms with Gasteiger partial charge in [-0.05, 0) is 5.92 Å². The molecule has 0 spiro atoms. The number of hydrogen-bond donors (Lipinski definition) is 1. The molecule has 4 heteroatoms. The molecule has 0 bridgehead atoms. The van der Waals surface area contributed by atoms with Gasteiger partial charge in [-0.2, -0.15) is 8.78 Å². The molecule has 80 valence electrons. The van der Waals surface area contributed by atoms with E-state index in [9.17, 15) is 8.78 Å². The SMILES string of the molecule is CC1C=CC=CC1[C@H](N)COC(F)F. The van der Waals surface area contributed by atoms with Crippen molar-refractivity contribution < 1.29 is 13.5 Å². The minimum absolute atomic E-state index is 0.0822. The molecule has 3 atom stereocenters. The minimum atomic E-state index is -2.74. The van der Waals surface area contributed by atoms with Crippen LogP contribution in [0.3, 0.4) is 0 Å². The molecule has 0 aliphatic heterocycles. The predicted octanol–water partition coefficient (Wildman–Crippen LogP) is 1.93. The largest absolute Gasteiger partial charge is 0.345 e. The lowest BCUT2D eigenvalue weighted by molar-refractivity contribution is -0.134. The van der Waals surface area contributed by atoms with E-state index in [-0.39, 0.29) is 24.5 Å². The molecule has 0 aromatic carbocycles. The molecule has 2 nitrogen and oxygen atoms in total. The number of hydrogen-bond acceptors (Lipinski definition) is 2. The number of ether oxygens (including phenoxy) is 1. The van der Waals surface area contributed by atoms with Crippen LogP contribution in [0.15, 0.2) is 24.3 Å². The highest BCUT2D eigenvalue weighted by molar-refractivity contribution is 5.15. The standard InChI is InChI=1S/C10H15F2NO/c1-7-4-2-3-5-8(7)9(13)6-14-10(11)12/h2-5,7-10H,6,13H2,1H3/t7?,8?,9-/m1/s1. The van der Waals surface area contributed by atoms with Gasteiger partial charge in [0.1, 0.15) is 0 Å². The van der Waals surface area contributed by atoms with Crippen molar-refractivity contribution in [2.45, 2.75) is 19.6 Å². The first-order chi connectivity index (χ1) is 6.61. The van der Waals surface area contributed by atoms with Crippen molar-refractivity contribution in [1.29, 1.82) is 0 Å². The van der Waals surface area contributed by atoms with Crippen LogP contribution in [0.4, 0.5) is 8.78 Å². The number of rotatable bonds is 4. The fraction of sp³-hybridized carbons (Fsp3) is 0.600.